The van der Waals surface area contributed by atoms with Crippen molar-refractivity contribution in [3.8, 4) is 5.75 Å². The smallest absolute Gasteiger partial charge is 0.267 e. The number of hydrogen-bond acceptors (Lipinski definition) is 4. The van der Waals surface area contributed by atoms with E-state index in [2.05, 4.69) is 10.6 Å². The lowest BCUT2D eigenvalue weighted by Gasteiger charge is -2.11. The predicted molar refractivity (Wildman–Crippen MR) is 120 cm³/mol. The second-order valence-corrected chi connectivity index (χ2v) is 7.10. The van der Waals surface area contributed by atoms with Crippen LogP contribution in [0.15, 0.2) is 77.0 Å². The fourth-order valence-corrected chi connectivity index (χ4v) is 2.99. The Morgan fingerprint density at radius 1 is 1.06 bits per heavy atom. The summed E-state index contributed by atoms with van der Waals surface area (Å²) < 4.78 is 10.5. The van der Waals surface area contributed by atoms with Gasteiger partial charge in [0.25, 0.3) is 11.8 Å². The highest BCUT2D eigenvalue weighted by Gasteiger charge is 2.15. The monoisotopic (exact) mass is 418 g/mol. The Kier molecular flexibility index (Phi) is 7.65. The van der Waals surface area contributed by atoms with Gasteiger partial charge in [0.2, 0.25) is 0 Å². The number of hydrogen-bond donors (Lipinski definition) is 2. The molecular weight excluding hydrogens is 392 g/mol. The van der Waals surface area contributed by atoms with Gasteiger partial charge in [-0.2, -0.15) is 0 Å². The van der Waals surface area contributed by atoms with Gasteiger partial charge < -0.3 is 19.8 Å². The number of rotatable bonds is 9. The number of carbonyl (C=O) groups excluding carboxylic acids is 2. The molecule has 1 heterocycles. The molecule has 0 bridgehead atoms. The number of methoxy groups -OCH3 is 1. The summed E-state index contributed by atoms with van der Waals surface area (Å²) in [5, 5.41) is 5.56. The van der Waals surface area contributed by atoms with E-state index in [1.165, 1.54) is 12.3 Å². The van der Waals surface area contributed by atoms with Gasteiger partial charge in [-0.1, -0.05) is 29.8 Å². The van der Waals surface area contributed by atoms with Crippen LogP contribution in [0.2, 0.25) is 0 Å². The minimum absolute atomic E-state index is 0.127. The fraction of sp³-hybridized carbons (Fsp3) is 0.200. The van der Waals surface area contributed by atoms with Crippen LogP contribution in [0.25, 0.3) is 6.08 Å². The van der Waals surface area contributed by atoms with Crippen LogP contribution in [0.4, 0.5) is 0 Å². The van der Waals surface area contributed by atoms with Crippen molar-refractivity contribution >= 4 is 17.9 Å². The van der Waals surface area contributed by atoms with Crippen molar-refractivity contribution in [3.05, 3.63) is 95.1 Å². The third-order valence-electron chi connectivity index (χ3n) is 4.70. The Bertz CT molecular complexity index is 1040. The number of nitrogens with one attached hydrogen (secondary N) is 2. The maximum Gasteiger partial charge on any atom is 0.267 e. The standard InChI is InChI=1S/C25H26N2O4/c1-18-10-12-20(13-11-18)24(28)27-23(17-22-9-5-15-31-22)25(29)26-14-4-7-19-6-3-8-21(16-19)30-2/h3,5-6,8-13,15-17H,4,7,14H2,1-2H3,(H,26,29)(H,27,28)/b23-17-. The molecule has 0 aliphatic rings. The first kappa shape index (κ1) is 21.9. The Hall–Kier alpha value is -3.80. The third-order valence-corrected chi connectivity index (χ3v) is 4.70. The van der Waals surface area contributed by atoms with Crippen molar-refractivity contribution in [2.45, 2.75) is 19.8 Å². The van der Waals surface area contributed by atoms with E-state index < -0.39 is 0 Å². The predicted octanol–water partition coefficient (Wildman–Crippen LogP) is 4.12. The molecule has 2 N–H and O–H groups in total. The lowest BCUT2D eigenvalue weighted by atomic mass is 10.1. The van der Waals surface area contributed by atoms with Gasteiger partial charge in [-0.15, -0.1) is 0 Å². The van der Waals surface area contributed by atoms with Crippen LogP contribution in [-0.2, 0) is 11.2 Å². The summed E-state index contributed by atoms with van der Waals surface area (Å²) in [6.07, 6.45) is 4.57. The van der Waals surface area contributed by atoms with Crippen molar-refractivity contribution in [3.63, 3.8) is 0 Å². The first-order valence-electron chi connectivity index (χ1n) is 10.1. The van der Waals surface area contributed by atoms with Crippen LogP contribution in [0, 0.1) is 6.92 Å². The Labute approximate surface area is 181 Å². The van der Waals surface area contributed by atoms with Crippen LogP contribution < -0.4 is 15.4 Å². The van der Waals surface area contributed by atoms with Crippen LogP contribution in [-0.4, -0.2) is 25.5 Å². The van der Waals surface area contributed by atoms with E-state index in [-0.39, 0.29) is 17.5 Å². The largest absolute Gasteiger partial charge is 0.497 e. The Balaban J connectivity index is 1.61. The summed E-state index contributed by atoms with van der Waals surface area (Å²) in [7, 11) is 1.64. The molecule has 0 saturated carbocycles. The van der Waals surface area contributed by atoms with E-state index in [0.29, 0.717) is 17.9 Å². The number of furan rings is 1. The number of carbonyl (C=O) groups is 2. The zero-order valence-corrected chi connectivity index (χ0v) is 17.7. The zero-order valence-electron chi connectivity index (χ0n) is 17.7. The Morgan fingerprint density at radius 3 is 2.58 bits per heavy atom. The quantitative estimate of drug-likeness (QED) is 0.405. The molecule has 6 heteroatoms. The van der Waals surface area contributed by atoms with Crippen LogP contribution in [0.1, 0.15) is 33.7 Å². The van der Waals surface area contributed by atoms with Gasteiger partial charge >= 0.3 is 0 Å². The van der Waals surface area contributed by atoms with Crippen molar-refractivity contribution in [2.75, 3.05) is 13.7 Å². The number of benzene rings is 2. The van der Waals surface area contributed by atoms with Gasteiger partial charge in [0, 0.05) is 18.2 Å². The van der Waals surface area contributed by atoms with Gasteiger partial charge in [-0.25, -0.2) is 0 Å². The molecule has 2 amide bonds. The van der Waals surface area contributed by atoms with Crippen LogP contribution in [0.3, 0.4) is 0 Å². The van der Waals surface area contributed by atoms with Crippen molar-refractivity contribution < 1.29 is 18.7 Å². The maximum atomic E-state index is 12.7. The topological polar surface area (TPSA) is 80.6 Å². The molecule has 160 valence electrons. The molecule has 31 heavy (non-hydrogen) atoms. The van der Waals surface area contributed by atoms with Gasteiger partial charge in [0.15, 0.2) is 0 Å². The minimum atomic E-state index is -0.373. The SMILES string of the molecule is COc1cccc(CCCNC(=O)/C(=C/c2ccco2)NC(=O)c2ccc(C)cc2)c1. The highest BCUT2D eigenvalue weighted by Crippen LogP contribution is 2.14. The number of amides is 2. The van der Waals surface area contributed by atoms with Crippen molar-refractivity contribution in [1.29, 1.82) is 0 Å². The highest BCUT2D eigenvalue weighted by molar-refractivity contribution is 6.05. The summed E-state index contributed by atoms with van der Waals surface area (Å²) in [4.78, 5) is 25.3. The molecule has 0 unspecified atom stereocenters. The van der Waals surface area contributed by atoms with E-state index in [1.54, 1.807) is 31.4 Å². The van der Waals surface area contributed by atoms with E-state index in [0.717, 1.165) is 29.7 Å². The minimum Gasteiger partial charge on any atom is -0.497 e. The van der Waals surface area contributed by atoms with E-state index in [4.69, 9.17) is 9.15 Å². The molecule has 1 aromatic heterocycles. The lowest BCUT2D eigenvalue weighted by Crippen LogP contribution is -2.35. The van der Waals surface area contributed by atoms with Gasteiger partial charge in [-0.3, -0.25) is 9.59 Å². The lowest BCUT2D eigenvalue weighted by molar-refractivity contribution is -0.117. The molecule has 2 aromatic carbocycles. The van der Waals surface area contributed by atoms with Gasteiger partial charge in [-0.05, 0) is 61.7 Å². The molecule has 3 rings (SSSR count). The van der Waals surface area contributed by atoms with Crippen molar-refractivity contribution in [1.82, 2.24) is 10.6 Å². The van der Waals surface area contributed by atoms with E-state index >= 15 is 0 Å². The first-order chi connectivity index (χ1) is 15.0. The summed E-state index contributed by atoms with van der Waals surface area (Å²) in [5.41, 5.74) is 2.79. The Morgan fingerprint density at radius 2 is 1.87 bits per heavy atom. The molecule has 0 aliphatic heterocycles. The molecule has 0 atom stereocenters. The van der Waals surface area contributed by atoms with E-state index in [9.17, 15) is 9.59 Å². The molecule has 3 aromatic rings. The molecule has 0 aliphatic carbocycles. The number of aryl methyl sites for hydroxylation is 2. The summed E-state index contributed by atoms with van der Waals surface area (Å²) in [6, 6.07) is 18.4. The summed E-state index contributed by atoms with van der Waals surface area (Å²) in [6.45, 7) is 2.41. The fourth-order valence-electron chi connectivity index (χ4n) is 2.99. The van der Waals surface area contributed by atoms with Crippen LogP contribution in [0.5, 0.6) is 5.75 Å². The normalized spacial score (nSPS) is 11.1. The first-order valence-corrected chi connectivity index (χ1v) is 10.1. The maximum absolute atomic E-state index is 12.7. The second kappa shape index (κ2) is 10.8. The zero-order chi connectivity index (χ0) is 22.1. The molecular formula is C25H26N2O4. The van der Waals surface area contributed by atoms with Crippen LogP contribution >= 0.6 is 0 Å². The van der Waals surface area contributed by atoms with Crippen molar-refractivity contribution in [2.24, 2.45) is 0 Å². The van der Waals surface area contributed by atoms with Gasteiger partial charge in [0.1, 0.15) is 17.2 Å². The van der Waals surface area contributed by atoms with E-state index in [1.807, 2.05) is 43.3 Å². The average molecular weight is 418 g/mol. The molecule has 0 spiro atoms. The summed E-state index contributed by atoms with van der Waals surface area (Å²) in [5.74, 6) is 0.557. The molecule has 0 fully saturated rings. The third kappa shape index (κ3) is 6.60. The molecule has 0 radical (unpaired) electrons. The average Bonchev–Trinajstić information content (AvgIpc) is 3.30. The molecule has 6 nitrogen and oxygen atoms in total. The van der Waals surface area contributed by atoms with Gasteiger partial charge in [0.05, 0.1) is 13.4 Å². The number of ether oxygens (including phenoxy) is 1. The molecule has 0 saturated heterocycles. The summed E-state index contributed by atoms with van der Waals surface area (Å²) >= 11 is 0. The second-order valence-electron chi connectivity index (χ2n) is 7.10. The highest BCUT2D eigenvalue weighted by atomic mass is 16.5.